The van der Waals surface area contributed by atoms with Gasteiger partial charge < -0.3 is 10.5 Å². The lowest BCUT2D eigenvalue weighted by Gasteiger charge is -2.24. The van der Waals surface area contributed by atoms with Crippen molar-refractivity contribution in [1.82, 2.24) is 0 Å². The first-order valence-corrected chi connectivity index (χ1v) is 9.04. The number of carbonyl (C=O) groups excluding carboxylic acids is 1. The first-order valence-electron chi connectivity index (χ1n) is 9.04. The number of ketones is 1. The van der Waals surface area contributed by atoms with E-state index >= 15 is 0 Å². The number of carbonyl (C=O) groups is 1. The van der Waals surface area contributed by atoms with E-state index in [2.05, 4.69) is 39.8 Å². The second-order valence-electron chi connectivity index (χ2n) is 7.15. The molecule has 0 amide bonds. The topological polar surface area (TPSA) is 52.3 Å². The zero-order chi connectivity index (χ0) is 18.4. The van der Waals surface area contributed by atoms with Gasteiger partial charge in [-0.05, 0) is 36.0 Å². The van der Waals surface area contributed by atoms with Crippen molar-refractivity contribution < 1.29 is 9.53 Å². The number of nitrogen functional groups attached to an aromatic ring is 1. The normalized spacial score (nSPS) is 12.6. The van der Waals surface area contributed by atoms with Crippen molar-refractivity contribution in [2.45, 2.75) is 58.5 Å². The van der Waals surface area contributed by atoms with Crippen molar-refractivity contribution in [3.8, 4) is 5.75 Å². The molecule has 0 saturated carbocycles. The average molecular weight is 339 g/mol. The van der Waals surface area contributed by atoms with Gasteiger partial charge in [-0.1, -0.05) is 64.4 Å². The van der Waals surface area contributed by atoms with E-state index in [1.807, 2.05) is 24.3 Å². The molecule has 0 aliphatic carbocycles. The molecule has 2 N–H and O–H groups in total. The van der Waals surface area contributed by atoms with Crippen molar-refractivity contribution in [2.75, 3.05) is 5.73 Å². The van der Waals surface area contributed by atoms with Crippen LogP contribution in [0.1, 0.15) is 62.9 Å². The van der Waals surface area contributed by atoms with Gasteiger partial charge in [-0.25, -0.2) is 0 Å². The molecule has 3 heteroatoms. The maximum absolute atomic E-state index is 12.9. The molecule has 0 bridgehead atoms. The summed E-state index contributed by atoms with van der Waals surface area (Å²) in [5, 5.41) is 0. The molecule has 2 aromatic rings. The molecule has 3 nitrogen and oxygen atoms in total. The van der Waals surface area contributed by atoms with Crippen LogP contribution in [0.3, 0.4) is 0 Å². The minimum Gasteiger partial charge on any atom is -0.482 e. The third kappa shape index (κ3) is 4.85. The highest BCUT2D eigenvalue weighted by Gasteiger charge is 2.23. The lowest BCUT2D eigenvalue weighted by atomic mass is 9.82. The van der Waals surface area contributed by atoms with Gasteiger partial charge in [0.05, 0.1) is 0 Å². The van der Waals surface area contributed by atoms with Crippen LogP contribution in [0.4, 0.5) is 5.69 Å². The summed E-state index contributed by atoms with van der Waals surface area (Å²) in [4.78, 5) is 12.9. The molecule has 0 heterocycles. The Morgan fingerprint density at radius 3 is 2.36 bits per heavy atom. The highest BCUT2D eigenvalue weighted by molar-refractivity contribution is 5.99. The second-order valence-corrected chi connectivity index (χ2v) is 7.15. The Morgan fingerprint density at radius 1 is 1.12 bits per heavy atom. The number of Topliss-reactive ketones (excluding diaryl/α,β-unsaturated/α-hetero) is 1. The van der Waals surface area contributed by atoms with E-state index in [0.717, 1.165) is 12.8 Å². The quantitative estimate of drug-likeness (QED) is 0.518. The summed E-state index contributed by atoms with van der Waals surface area (Å²) < 4.78 is 5.94. The molecule has 2 rings (SSSR count). The van der Waals surface area contributed by atoms with Crippen LogP contribution in [0.5, 0.6) is 5.75 Å². The van der Waals surface area contributed by atoms with E-state index in [1.165, 1.54) is 5.56 Å². The SMILES string of the molecule is CCCC(Oc1cccc(N)c1)C(=O)c1ccc(C(C)(C)CC)cc1. The van der Waals surface area contributed by atoms with Crippen LogP contribution in [-0.2, 0) is 5.41 Å². The number of rotatable bonds is 8. The third-order valence-corrected chi connectivity index (χ3v) is 4.81. The fourth-order valence-corrected chi connectivity index (χ4v) is 2.73. The predicted octanol–water partition coefficient (Wildman–Crippen LogP) is 5.39. The number of ether oxygens (including phenoxy) is 1. The molecular formula is C22H29NO2. The lowest BCUT2D eigenvalue weighted by Crippen LogP contribution is -2.27. The minimum atomic E-state index is -0.489. The van der Waals surface area contributed by atoms with Gasteiger partial charge in [0, 0.05) is 17.3 Å². The molecule has 134 valence electrons. The molecule has 2 aromatic carbocycles. The lowest BCUT2D eigenvalue weighted by molar-refractivity contribution is 0.0777. The first-order chi connectivity index (χ1) is 11.9. The summed E-state index contributed by atoms with van der Waals surface area (Å²) in [5.41, 5.74) is 8.48. The van der Waals surface area contributed by atoms with Crippen LogP contribution in [0.15, 0.2) is 48.5 Å². The molecule has 1 unspecified atom stereocenters. The Bertz CT molecular complexity index is 704. The minimum absolute atomic E-state index is 0.0186. The van der Waals surface area contributed by atoms with Crippen LogP contribution in [0, 0.1) is 0 Å². The Kier molecular flexibility index (Phi) is 6.24. The Morgan fingerprint density at radius 2 is 1.80 bits per heavy atom. The van der Waals surface area contributed by atoms with E-state index in [0.29, 0.717) is 23.4 Å². The summed E-state index contributed by atoms with van der Waals surface area (Å²) in [6, 6.07) is 15.2. The summed E-state index contributed by atoms with van der Waals surface area (Å²) >= 11 is 0. The Balaban J connectivity index is 2.19. The van der Waals surface area contributed by atoms with Crippen molar-refractivity contribution in [2.24, 2.45) is 0 Å². The van der Waals surface area contributed by atoms with Gasteiger partial charge in [0.1, 0.15) is 5.75 Å². The standard InChI is InChI=1S/C22H29NO2/c1-5-8-20(25-19-10-7-9-18(23)15-19)21(24)16-11-13-17(14-12-16)22(3,4)6-2/h7,9-15,20H,5-6,8,23H2,1-4H3. The maximum Gasteiger partial charge on any atom is 0.203 e. The molecule has 0 spiro atoms. The molecule has 1 atom stereocenters. The van der Waals surface area contributed by atoms with Crippen LogP contribution in [0.25, 0.3) is 0 Å². The monoisotopic (exact) mass is 339 g/mol. The smallest absolute Gasteiger partial charge is 0.203 e. The predicted molar refractivity (Wildman–Crippen MR) is 104 cm³/mol. The summed E-state index contributed by atoms with van der Waals surface area (Å²) in [6.07, 6.45) is 2.11. The zero-order valence-electron chi connectivity index (χ0n) is 15.7. The van der Waals surface area contributed by atoms with E-state index in [9.17, 15) is 4.79 Å². The van der Waals surface area contributed by atoms with Gasteiger partial charge in [0.25, 0.3) is 0 Å². The average Bonchev–Trinajstić information content (AvgIpc) is 2.61. The second kappa shape index (κ2) is 8.19. The van der Waals surface area contributed by atoms with Crippen LogP contribution in [0.2, 0.25) is 0 Å². The van der Waals surface area contributed by atoms with Crippen molar-refractivity contribution >= 4 is 11.5 Å². The number of anilines is 1. The van der Waals surface area contributed by atoms with Gasteiger partial charge in [-0.15, -0.1) is 0 Å². The zero-order valence-corrected chi connectivity index (χ0v) is 15.7. The van der Waals surface area contributed by atoms with Gasteiger partial charge in [0.15, 0.2) is 6.10 Å². The molecule has 0 radical (unpaired) electrons. The van der Waals surface area contributed by atoms with E-state index in [4.69, 9.17) is 10.5 Å². The first kappa shape index (κ1) is 19.0. The largest absolute Gasteiger partial charge is 0.482 e. The van der Waals surface area contributed by atoms with Crippen LogP contribution < -0.4 is 10.5 Å². The number of hydrogen-bond acceptors (Lipinski definition) is 3. The van der Waals surface area contributed by atoms with E-state index in [1.54, 1.807) is 12.1 Å². The van der Waals surface area contributed by atoms with Gasteiger partial charge in [0.2, 0.25) is 5.78 Å². The Hall–Kier alpha value is -2.29. The maximum atomic E-state index is 12.9. The van der Waals surface area contributed by atoms with Crippen LogP contribution >= 0.6 is 0 Å². The van der Waals surface area contributed by atoms with Crippen molar-refractivity contribution in [3.05, 3.63) is 59.7 Å². The fourth-order valence-electron chi connectivity index (χ4n) is 2.73. The Labute approximate surface area is 151 Å². The van der Waals surface area contributed by atoms with Crippen molar-refractivity contribution in [1.29, 1.82) is 0 Å². The van der Waals surface area contributed by atoms with Gasteiger partial charge in [-0.2, -0.15) is 0 Å². The highest BCUT2D eigenvalue weighted by Crippen LogP contribution is 2.27. The summed E-state index contributed by atoms with van der Waals surface area (Å²) in [5.74, 6) is 0.653. The summed E-state index contributed by atoms with van der Waals surface area (Å²) in [7, 11) is 0. The number of nitrogens with two attached hydrogens (primary N) is 1. The van der Waals surface area contributed by atoms with E-state index < -0.39 is 6.10 Å². The third-order valence-electron chi connectivity index (χ3n) is 4.81. The molecule has 25 heavy (non-hydrogen) atoms. The summed E-state index contributed by atoms with van der Waals surface area (Å²) in [6.45, 7) is 8.66. The molecule has 0 fully saturated rings. The fraction of sp³-hybridized carbons (Fsp3) is 0.409. The number of benzene rings is 2. The molecule has 0 aliphatic rings. The highest BCUT2D eigenvalue weighted by atomic mass is 16.5. The number of hydrogen-bond donors (Lipinski definition) is 1. The molecular weight excluding hydrogens is 310 g/mol. The molecule has 0 aromatic heterocycles. The molecule has 0 aliphatic heterocycles. The van der Waals surface area contributed by atoms with Gasteiger partial charge >= 0.3 is 0 Å². The van der Waals surface area contributed by atoms with Gasteiger partial charge in [-0.3, -0.25) is 4.79 Å². The van der Waals surface area contributed by atoms with Crippen molar-refractivity contribution in [3.63, 3.8) is 0 Å². The molecule has 0 saturated heterocycles. The van der Waals surface area contributed by atoms with E-state index in [-0.39, 0.29) is 11.2 Å². The van der Waals surface area contributed by atoms with Crippen LogP contribution in [-0.4, -0.2) is 11.9 Å².